The number of hydrogen-bond acceptors (Lipinski definition) is 2. The lowest BCUT2D eigenvalue weighted by Crippen LogP contribution is -2.38. The van der Waals surface area contributed by atoms with Crippen LogP contribution in [0.2, 0.25) is 5.02 Å². The van der Waals surface area contributed by atoms with Crippen LogP contribution in [0.4, 0.5) is 0 Å². The minimum atomic E-state index is 0. The Labute approximate surface area is 205 Å². The summed E-state index contributed by atoms with van der Waals surface area (Å²) in [7, 11) is 0. The maximum atomic E-state index is 11.8. The number of halogens is 2. The van der Waals surface area contributed by atoms with Crippen molar-refractivity contribution in [2.45, 2.75) is 26.4 Å². The molecule has 1 aromatic heterocycles. The van der Waals surface area contributed by atoms with Crippen molar-refractivity contribution in [2.75, 3.05) is 13.1 Å². The molecule has 3 rings (SSSR count). The monoisotopic (exact) mass is 550 g/mol. The number of benzene rings is 2. The lowest BCUT2D eigenvalue weighted by atomic mass is 10.1. The van der Waals surface area contributed by atoms with Crippen molar-refractivity contribution >= 4 is 41.5 Å². The Kier molecular flexibility index (Phi) is 10.6. The van der Waals surface area contributed by atoms with Crippen LogP contribution in [0.15, 0.2) is 82.7 Å². The number of guanidine groups is 1. The lowest BCUT2D eigenvalue weighted by Gasteiger charge is -2.12. The van der Waals surface area contributed by atoms with E-state index in [9.17, 15) is 4.79 Å². The average Bonchev–Trinajstić information content (AvgIpc) is 2.75. The second-order valence-corrected chi connectivity index (χ2v) is 7.42. The summed E-state index contributed by atoms with van der Waals surface area (Å²) in [6.07, 6.45) is 2.68. The normalized spacial score (nSPS) is 11.0. The van der Waals surface area contributed by atoms with E-state index < -0.39 is 0 Å². The fourth-order valence-corrected chi connectivity index (χ4v) is 3.28. The molecule has 5 nitrogen and oxygen atoms in total. The molecule has 0 unspecified atom stereocenters. The largest absolute Gasteiger partial charge is 0.357 e. The molecule has 0 amide bonds. The third-order valence-corrected chi connectivity index (χ3v) is 4.87. The molecule has 0 aliphatic carbocycles. The van der Waals surface area contributed by atoms with Crippen LogP contribution in [0.5, 0.6) is 0 Å². The maximum absolute atomic E-state index is 11.8. The van der Waals surface area contributed by atoms with Crippen LogP contribution in [-0.4, -0.2) is 23.6 Å². The maximum Gasteiger partial charge on any atom is 0.250 e. The van der Waals surface area contributed by atoms with E-state index in [2.05, 4.69) is 40.7 Å². The molecule has 0 saturated carbocycles. The minimum absolute atomic E-state index is 0. The standard InChI is InChI=1S/C24H27ClN4O.HI/c1-2-26-24(27-14-13-19-6-5-7-22(25)16-19)28-17-20-9-11-21(12-10-20)18-29-15-4-3-8-23(29)30;/h3-12,15-16H,2,13-14,17-18H2,1H3,(H2,26,27,28);1H. The highest BCUT2D eigenvalue weighted by Gasteiger charge is 2.01. The number of nitrogens with zero attached hydrogens (tertiary/aromatic N) is 2. The Hall–Kier alpha value is -2.32. The van der Waals surface area contributed by atoms with E-state index in [-0.39, 0.29) is 29.5 Å². The predicted octanol–water partition coefficient (Wildman–Crippen LogP) is 4.47. The molecule has 3 aromatic rings. The van der Waals surface area contributed by atoms with Gasteiger partial charge in [0.25, 0.3) is 5.56 Å². The van der Waals surface area contributed by atoms with Crippen LogP contribution in [0.1, 0.15) is 23.6 Å². The topological polar surface area (TPSA) is 58.4 Å². The van der Waals surface area contributed by atoms with Crippen LogP contribution in [0.25, 0.3) is 0 Å². The molecule has 0 fully saturated rings. The van der Waals surface area contributed by atoms with E-state index >= 15 is 0 Å². The summed E-state index contributed by atoms with van der Waals surface area (Å²) in [6, 6.07) is 21.3. The van der Waals surface area contributed by atoms with E-state index in [1.165, 1.54) is 5.56 Å². The first-order valence-electron chi connectivity index (χ1n) is 10.1. The fraction of sp³-hybridized carbons (Fsp3) is 0.250. The smallest absolute Gasteiger partial charge is 0.250 e. The predicted molar refractivity (Wildman–Crippen MR) is 140 cm³/mol. The van der Waals surface area contributed by atoms with Gasteiger partial charge in [0, 0.05) is 30.4 Å². The number of aromatic nitrogens is 1. The first-order chi connectivity index (χ1) is 14.6. The minimum Gasteiger partial charge on any atom is -0.357 e. The zero-order valence-electron chi connectivity index (χ0n) is 17.6. The zero-order valence-corrected chi connectivity index (χ0v) is 20.6. The van der Waals surface area contributed by atoms with Crippen LogP contribution in [0, 0.1) is 0 Å². The van der Waals surface area contributed by atoms with Gasteiger partial charge in [-0.2, -0.15) is 0 Å². The Bertz CT molecular complexity index is 1030. The molecule has 0 saturated heterocycles. The van der Waals surface area contributed by atoms with Crippen molar-refractivity contribution in [1.29, 1.82) is 0 Å². The summed E-state index contributed by atoms with van der Waals surface area (Å²) in [5.41, 5.74) is 3.40. The van der Waals surface area contributed by atoms with Crippen LogP contribution in [-0.2, 0) is 19.5 Å². The molecule has 164 valence electrons. The van der Waals surface area contributed by atoms with Gasteiger partial charge in [-0.15, -0.1) is 24.0 Å². The third-order valence-electron chi connectivity index (χ3n) is 4.63. The SMILES string of the molecule is CCNC(=NCc1ccc(Cn2ccccc2=O)cc1)NCCc1cccc(Cl)c1.I. The Morgan fingerprint density at radius 3 is 2.45 bits per heavy atom. The van der Waals surface area contributed by atoms with Gasteiger partial charge in [-0.05, 0) is 48.2 Å². The summed E-state index contributed by atoms with van der Waals surface area (Å²) >= 11 is 6.04. The van der Waals surface area contributed by atoms with E-state index in [0.717, 1.165) is 41.6 Å². The molecule has 2 N–H and O–H groups in total. The molecule has 0 radical (unpaired) electrons. The molecule has 0 aliphatic heterocycles. The fourth-order valence-electron chi connectivity index (χ4n) is 3.07. The van der Waals surface area contributed by atoms with Gasteiger partial charge < -0.3 is 15.2 Å². The molecule has 0 bridgehead atoms. The van der Waals surface area contributed by atoms with Gasteiger partial charge >= 0.3 is 0 Å². The number of nitrogens with one attached hydrogen (secondary N) is 2. The summed E-state index contributed by atoms with van der Waals surface area (Å²) in [4.78, 5) is 16.5. The second-order valence-electron chi connectivity index (χ2n) is 6.99. The average molecular weight is 551 g/mol. The van der Waals surface area contributed by atoms with Crippen LogP contribution in [0.3, 0.4) is 0 Å². The van der Waals surface area contributed by atoms with Crippen molar-refractivity contribution in [3.05, 3.63) is 105 Å². The van der Waals surface area contributed by atoms with Crippen molar-refractivity contribution in [3.63, 3.8) is 0 Å². The summed E-state index contributed by atoms with van der Waals surface area (Å²) < 4.78 is 1.69. The van der Waals surface area contributed by atoms with E-state index in [4.69, 9.17) is 11.6 Å². The van der Waals surface area contributed by atoms with Gasteiger partial charge in [0.05, 0.1) is 13.1 Å². The van der Waals surface area contributed by atoms with Gasteiger partial charge in [-0.1, -0.05) is 54.1 Å². The van der Waals surface area contributed by atoms with Gasteiger partial charge in [-0.25, -0.2) is 4.99 Å². The molecular weight excluding hydrogens is 523 g/mol. The van der Waals surface area contributed by atoms with Gasteiger partial charge in [0.1, 0.15) is 0 Å². The highest BCUT2D eigenvalue weighted by molar-refractivity contribution is 14.0. The molecule has 0 atom stereocenters. The van der Waals surface area contributed by atoms with Crippen molar-refractivity contribution < 1.29 is 0 Å². The van der Waals surface area contributed by atoms with Crippen LogP contribution >= 0.6 is 35.6 Å². The first-order valence-corrected chi connectivity index (χ1v) is 10.5. The Morgan fingerprint density at radius 1 is 0.968 bits per heavy atom. The molecule has 1 heterocycles. The van der Waals surface area contributed by atoms with E-state index in [1.54, 1.807) is 22.9 Å². The van der Waals surface area contributed by atoms with E-state index in [1.807, 2.05) is 36.4 Å². The second kappa shape index (κ2) is 13.2. The van der Waals surface area contributed by atoms with E-state index in [0.29, 0.717) is 13.1 Å². The molecule has 2 aromatic carbocycles. The summed E-state index contributed by atoms with van der Waals surface area (Å²) in [5.74, 6) is 0.791. The zero-order chi connectivity index (χ0) is 21.2. The van der Waals surface area contributed by atoms with Gasteiger partial charge in [-0.3, -0.25) is 4.79 Å². The summed E-state index contributed by atoms with van der Waals surface area (Å²) in [6.45, 7) is 4.77. The highest BCUT2D eigenvalue weighted by atomic mass is 127. The lowest BCUT2D eigenvalue weighted by molar-refractivity contribution is 0.759. The number of pyridine rings is 1. The molecular formula is C24H28ClIN4O. The Balaban J connectivity index is 0.00000341. The quantitative estimate of drug-likeness (QED) is 0.247. The Morgan fingerprint density at radius 2 is 1.74 bits per heavy atom. The van der Waals surface area contributed by atoms with Crippen LogP contribution < -0.4 is 16.2 Å². The van der Waals surface area contributed by atoms with Gasteiger partial charge in [0.15, 0.2) is 5.96 Å². The van der Waals surface area contributed by atoms with Crippen molar-refractivity contribution in [3.8, 4) is 0 Å². The number of rotatable bonds is 8. The van der Waals surface area contributed by atoms with Crippen molar-refractivity contribution in [2.24, 2.45) is 4.99 Å². The van der Waals surface area contributed by atoms with Crippen molar-refractivity contribution in [1.82, 2.24) is 15.2 Å². The highest BCUT2D eigenvalue weighted by Crippen LogP contribution is 2.11. The molecule has 0 spiro atoms. The van der Waals surface area contributed by atoms with Gasteiger partial charge in [0.2, 0.25) is 0 Å². The molecule has 7 heteroatoms. The summed E-state index contributed by atoms with van der Waals surface area (Å²) in [5, 5.41) is 7.40. The number of aliphatic imine (C=N–C) groups is 1. The number of hydrogen-bond donors (Lipinski definition) is 2. The third kappa shape index (κ3) is 8.38. The molecule has 31 heavy (non-hydrogen) atoms. The first kappa shape index (κ1) is 24.9. The molecule has 0 aliphatic rings.